The molecule has 0 aromatic heterocycles. The van der Waals surface area contributed by atoms with Gasteiger partial charge in [0.1, 0.15) is 0 Å². The molecule has 43 heavy (non-hydrogen) atoms. The molecule has 1 unspecified atom stereocenters. The fourth-order valence-corrected chi connectivity index (χ4v) is 8.88. The molecule has 0 aromatic carbocycles. The summed E-state index contributed by atoms with van der Waals surface area (Å²) >= 11 is 3.80. The second-order valence-electron chi connectivity index (χ2n) is 11.3. The minimum atomic E-state index is -0.0619. The van der Waals surface area contributed by atoms with E-state index in [-0.39, 0.29) is 48.0 Å². The Morgan fingerprint density at radius 3 is 1.49 bits per heavy atom. The van der Waals surface area contributed by atoms with Gasteiger partial charge in [0.05, 0.1) is 63.8 Å². The Labute approximate surface area is 262 Å². The third-order valence-electron chi connectivity index (χ3n) is 8.04. The van der Waals surface area contributed by atoms with E-state index in [9.17, 15) is 19.2 Å². The number of thioether (sulfide) groups is 2. The van der Waals surface area contributed by atoms with Crippen LogP contribution in [0.15, 0.2) is 0 Å². The van der Waals surface area contributed by atoms with Crippen LogP contribution in [0.5, 0.6) is 0 Å². The van der Waals surface area contributed by atoms with E-state index in [1.165, 1.54) is 0 Å². The predicted octanol–water partition coefficient (Wildman–Crippen LogP) is 0.720. The zero-order valence-electron chi connectivity index (χ0n) is 24.9. The molecule has 13 nitrogen and oxygen atoms in total. The lowest BCUT2D eigenvalue weighted by Gasteiger charge is -2.16. The van der Waals surface area contributed by atoms with Gasteiger partial charge in [0.25, 0.3) is 0 Å². The molecule has 4 heterocycles. The highest BCUT2D eigenvalue weighted by Crippen LogP contribution is 2.34. The van der Waals surface area contributed by atoms with Crippen LogP contribution in [0.25, 0.3) is 0 Å². The van der Waals surface area contributed by atoms with Crippen LogP contribution >= 0.6 is 23.5 Å². The minimum Gasteiger partial charge on any atom is -0.377 e. The van der Waals surface area contributed by atoms with Crippen LogP contribution in [-0.2, 0) is 23.8 Å². The van der Waals surface area contributed by atoms with Crippen LogP contribution in [0, 0.1) is 0 Å². The van der Waals surface area contributed by atoms with Crippen LogP contribution in [-0.4, -0.2) is 123 Å². The molecular formula is C28H48N6O7S2. The summed E-state index contributed by atoms with van der Waals surface area (Å²) < 4.78 is 16.5. The van der Waals surface area contributed by atoms with E-state index in [2.05, 4.69) is 31.9 Å². The summed E-state index contributed by atoms with van der Waals surface area (Å²) in [6.07, 6.45) is 6.65. The Bertz CT molecular complexity index is 849. The smallest absolute Gasteiger partial charge is 0.315 e. The second-order valence-corrected chi connectivity index (χ2v) is 13.8. The van der Waals surface area contributed by atoms with Crippen molar-refractivity contribution in [3.63, 3.8) is 0 Å². The topological polar surface area (TPSA) is 168 Å². The number of fused-ring (bicyclic) bond motifs is 2. The first-order valence-electron chi connectivity index (χ1n) is 15.6. The van der Waals surface area contributed by atoms with Gasteiger partial charge in [0.2, 0.25) is 11.8 Å². The Morgan fingerprint density at radius 1 is 0.628 bits per heavy atom. The summed E-state index contributed by atoms with van der Waals surface area (Å²) in [5.41, 5.74) is 0. The van der Waals surface area contributed by atoms with Crippen molar-refractivity contribution in [2.24, 2.45) is 0 Å². The quantitative estimate of drug-likeness (QED) is 0.0735. The van der Waals surface area contributed by atoms with Gasteiger partial charge in [0.15, 0.2) is 0 Å². The second kappa shape index (κ2) is 18.8. The summed E-state index contributed by atoms with van der Waals surface area (Å²) in [6.45, 7) is 3.64. The van der Waals surface area contributed by atoms with Gasteiger partial charge in [-0.3, -0.25) is 9.59 Å². The van der Waals surface area contributed by atoms with Crippen LogP contribution in [0.1, 0.15) is 51.4 Å². The maximum Gasteiger partial charge on any atom is 0.315 e. The summed E-state index contributed by atoms with van der Waals surface area (Å²) in [7, 11) is 0. The molecule has 4 rings (SSSR count). The maximum absolute atomic E-state index is 12.0. The summed E-state index contributed by atoms with van der Waals surface area (Å²) in [4.78, 5) is 46.9. The van der Waals surface area contributed by atoms with Gasteiger partial charge in [-0.15, -0.1) is 0 Å². The lowest BCUT2D eigenvalue weighted by molar-refractivity contribution is -0.122. The molecule has 6 amide bonds. The lowest BCUT2D eigenvalue weighted by atomic mass is 10.0. The number of nitrogens with one attached hydrogen (secondary N) is 6. The van der Waals surface area contributed by atoms with E-state index in [1.54, 1.807) is 0 Å². The summed E-state index contributed by atoms with van der Waals surface area (Å²) in [5, 5.41) is 18.5. The molecule has 0 saturated carbocycles. The number of hydrogen-bond acceptors (Lipinski definition) is 9. The third kappa shape index (κ3) is 11.8. The standard InChI is InChI=1S/C28H48N6O7S2/c35-23(7-3-1-5-21-25-19(17-42-21)31-27(37)33-25)29-9-11-39-13-15-41-16-14-40-12-10-30-24(36)8-4-2-6-22-26-20(18-43-22)32-28(38)34-26/h19-22,25-26H,1-18H2,(H,29,35)(H,30,36)(H2,31,33,37)(H2,32,34,38)/t19-,20+,21-,22?,25-,26+/m0/s1. The average Bonchev–Trinajstić information content (AvgIpc) is 3.74. The molecule has 0 aromatic rings. The van der Waals surface area contributed by atoms with Crippen LogP contribution < -0.4 is 31.9 Å². The molecular weight excluding hydrogens is 596 g/mol. The SMILES string of the molecule is O=C(CCCCC1SC[C@H]2NC(=O)N[C@@H]12)NCCOCCOCCOCCNC(=O)CCCC[C@@H]1SC[C@@H]2NC(=O)N[C@@H]21. The number of urea groups is 2. The zero-order valence-corrected chi connectivity index (χ0v) is 26.5. The highest BCUT2D eigenvalue weighted by atomic mass is 32.2. The van der Waals surface area contributed by atoms with Crippen molar-refractivity contribution in [2.75, 3.05) is 64.2 Å². The van der Waals surface area contributed by atoms with Crippen molar-refractivity contribution >= 4 is 47.4 Å². The van der Waals surface area contributed by atoms with E-state index in [0.29, 0.717) is 76.1 Å². The van der Waals surface area contributed by atoms with Gasteiger partial charge in [-0.2, -0.15) is 23.5 Å². The fourth-order valence-electron chi connectivity index (χ4n) is 5.79. The van der Waals surface area contributed by atoms with Crippen molar-refractivity contribution in [1.82, 2.24) is 31.9 Å². The van der Waals surface area contributed by atoms with Gasteiger partial charge < -0.3 is 46.1 Å². The van der Waals surface area contributed by atoms with Gasteiger partial charge in [-0.1, -0.05) is 12.8 Å². The van der Waals surface area contributed by atoms with E-state index in [4.69, 9.17) is 14.2 Å². The molecule has 6 N–H and O–H groups in total. The van der Waals surface area contributed by atoms with E-state index < -0.39 is 0 Å². The van der Waals surface area contributed by atoms with Crippen molar-refractivity contribution in [3.8, 4) is 0 Å². The number of amides is 6. The molecule has 244 valence electrons. The summed E-state index contributed by atoms with van der Waals surface area (Å²) in [5.74, 6) is 1.99. The van der Waals surface area contributed by atoms with Crippen molar-refractivity contribution in [1.29, 1.82) is 0 Å². The number of carbonyl (C=O) groups excluding carboxylic acids is 4. The number of ether oxygens (including phenoxy) is 3. The van der Waals surface area contributed by atoms with Crippen LogP contribution in [0.2, 0.25) is 0 Å². The number of carbonyl (C=O) groups is 4. The normalized spacial score (nSPS) is 27.2. The molecule has 4 fully saturated rings. The molecule has 0 bridgehead atoms. The summed E-state index contributed by atoms with van der Waals surface area (Å²) in [6, 6.07) is 0.810. The first kappa shape index (κ1) is 33.9. The average molecular weight is 645 g/mol. The molecule has 0 spiro atoms. The molecule has 4 saturated heterocycles. The predicted molar refractivity (Wildman–Crippen MR) is 166 cm³/mol. The molecule has 4 aliphatic heterocycles. The van der Waals surface area contributed by atoms with Crippen LogP contribution in [0.4, 0.5) is 9.59 Å². The fraction of sp³-hybridized carbons (Fsp3) is 0.857. The zero-order chi connectivity index (χ0) is 30.3. The first-order chi connectivity index (χ1) is 21.0. The van der Waals surface area contributed by atoms with E-state index >= 15 is 0 Å². The maximum atomic E-state index is 12.0. The molecule has 15 heteroatoms. The highest BCUT2D eigenvalue weighted by molar-refractivity contribution is 8.00. The lowest BCUT2D eigenvalue weighted by Crippen LogP contribution is -2.36. The van der Waals surface area contributed by atoms with E-state index in [0.717, 1.165) is 50.0 Å². The van der Waals surface area contributed by atoms with Gasteiger partial charge >= 0.3 is 12.1 Å². The number of hydrogen-bond donors (Lipinski definition) is 6. The first-order valence-corrected chi connectivity index (χ1v) is 17.7. The van der Waals surface area contributed by atoms with Gasteiger partial charge in [0, 0.05) is 47.9 Å². The Hall–Kier alpha value is -1.94. The highest BCUT2D eigenvalue weighted by Gasteiger charge is 2.43. The van der Waals surface area contributed by atoms with Crippen molar-refractivity contribution in [3.05, 3.63) is 0 Å². The molecule has 0 radical (unpaired) electrons. The Morgan fingerprint density at radius 2 is 1.05 bits per heavy atom. The third-order valence-corrected chi connectivity index (χ3v) is 11.1. The molecule has 4 aliphatic rings. The number of unbranched alkanes of at least 4 members (excludes halogenated alkanes) is 2. The minimum absolute atomic E-state index is 0.0386. The van der Waals surface area contributed by atoms with Crippen molar-refractivity contribution < 1.29 is 33.4 Å². The molecule has 0 aliphatic carbocycles. The monoisotopic (exact) mass is 644 g/mol. The number of rotatable bonds is 22. The van der Waals surface area contributed by atoms with Gasteiger partial charge in [-0.25, -0.2) is 9.59 Å². The van der Waals surface area contributed by atoms with Crippen LogP contribution in [0.3, 0.4) is 0 Å². The van der Waals surface area contributed by atoms with Gasteiger partial charge in [-0.05, 0) is 25.7 Å². The molecule has 6 atom stereocenters. The largest absolute Gasteiger partial charge is 0.377 e. The van der Waals surface area contributed by atoms with E-state index in [1.807, 2.05) is 23.5 Å². The van der Waals surface area contributed by atoms with Crippen molar-refractivity contribution in [2.45, 2.75) is 86.0 Å². The Balaban J connectivity index is 0.838. The Kier molecular flexibility index (Phi) is 14.8.